The van der Waals surface area contributed by atoms with Crippen LogP contribution in [0, 0.1) is 6.57 Å². The third-order valence-electron chi connectivity index (χ3n) is 8.18. The largest absolute Gasteiger partial charge is 0.368 e. The molecular weight excluding hydrogens is 560 g/mol. The van der Waals surface area contributed by atoms with E-state index in [9.17, 15) is 4.79 Å². The molecule has 0 spiro atoms. The van der Waals surface area contributed by atoms with Crippen LogP contribution >= 0.6 is 0 Å². The second kappa shape index (κ2) is 15.6. The molecule has 0 saturated heterocycles. The number of carbonyl (C=O) groups excluding carboxylic acids is 1. The van der Waals surface area contributed by atoms with Gasteiger partial charge in [-0.05, 0) is 53.0 Å². The minimum atomic E-state index is -0.0865. The summed E-state index contributed by atoms with van der Waals surface area (Å²) >= 11 is 0. The van der Waals surface area contributed by atoms with Crippen molar-refractivity contribution in [3.05, 3.63) is 147 Å². The van der Waals surface area contributed by atoms with E-state index in [4.69, 9.17) is 16.0 Å². The van der Waals surface area contributed by atoms with E-state index in [1.165, 1.54) is 22.3 Å². The fourth-order valence-corrected chi connectivity index (χ4v) is 5.79. The Morgan fingerprint density at radius 3 is 1.80 bits per heavy atom. The summed E-state index contributed by atoms with van der Waals surface area (Å²) in [6.07, 6.45) is -0.149. The summed E-state index contributed by atoms with van der Waals surface area (Å²) in [5.74, 6) is -0.0164. The van der Waals surface area contributed by atoms with Gasteiger partial charge in [0.15, 0.2) is 5.69 Å². The van der Waals surface area contributed by atoms with Gasteiger partial charge in [0.05, 0.1) is 19.8 Å². The molecule has 0 saturated carbocycles. The van der Waals surface area contributed by atoms with Crippen LogP contribution in [0.4, 0.5) is 5.69 Å². The van der Waals surface area contributed by atoms with Gasteiger partial charge in [-0.15, -0.1) is 0 Å². The van der Waals surface area contributed by atoms with Crippen LogP contribution < -0.4 is 5.32 Å². The molecule has 4 aromatic rings. The number of rotatable bonds is 4. The Bertz CT molecular complexity index is 1600. The number of ether oxygens (including phenoxy) is 2. The molecule has 0 fully saturated rings. The van der Waals surface area contributed by atoms with E-state index < -0.39 is 0 Å². The predicted octanol–water partition coefficient (Wildman–Crippen LogP) is 6.66. The molecular formula is C38H42N4O3. The highest BCUT2D eigenvalue weighted by molar-refractivity contribution is 5.72. The van der Waals surface area contributed by atoms with Crippen LogP contribution in [-0.2, 0) is 33.9 Å². The first-order valence-electron chi connectivity index (χ1n) is 15.5. The fourth-order valence-electron chi connectivity index (χ4n) is 5.79. The predicted molar refractivity (Wildman–Crippen MR) is 178 cm³/mol. The summed E-state index contributed by atoms with van der Waals surface area (Å²) in [7, 11) is 4.21. The molecule has 232 valence electrons. The smallest absolute Gasteiger partial charge is 0.217 e. The molecule has 6 rings (SSSR count). The van der Waals surface area contributed by atoms with Crippen LogP contribution in [0.5, 0.6) is 0 Å². The number of amides is 1. The zero-order valence-electron chi connectivity index (χ0n) is 26.4. The first-order chi connectivity index (χ1) is 21.9. The van der Waals surface area contributed by atoms with E-state index in [-0.39, 0.29) is 18.1 Å². The second-order valence-corrected chi connectivity index (χ2v) is 11.7. The first kappa shape index (κ1) is 32.1. The van der Waals surface area contributed by atoms with E-state index in [1.807, 2.05) is 48.5 Å². The van der Waals surface area contributed by atoms with Crippen molar-refractivity contribution in [3.63, 3.8) is 0 Å². The normalized spacial score (nSPS) is 18.7. The summed E-state index contributed by atoms with van der Waals surface area (Å²) in [4.78, 5) is 19.3. The van der Waals surface area contributed by atoms with E-state index in [0.29, 0.717) is 25.4 Å². The molecule has 2 atom stereocenters. The average molecular weight is 603 g/mol. The first-order valence-corrected chi connectivity index (χ1v) is 15.5. The van der Waals surface area contributed by atoms with Crippen LogP contribution in [0.15, 0.2) is 97.1 Å². The van der Waals surface area contributed by atoms with Crippen LogP contribution in [0.2, 0.25) is 0 Å². The van der Waals surface area contributed by atoms with Crippen LogP contribution in [0.3, 0.4) is 0 Å². The van der Waals surface area contributed by atoms with Crippen molar-refractivity contribution in [2.24, 2.45) is 0 Å². The highest BCUT2D eigenvalue weighted by Crippen LogP contribution is 2.34. The summed E-state index contributed by atoms with van der Waals surface area (Å²) in [6.45, 7) is 14.3. The molecule has 4 aromatic carbocycles. The van der Waals surface area contributed by atoms with Crippen molar-refractivity contribution in [1.82, 2.24) is 15.1 Å². The van der Waals surface area contributed by atoms with Crippen molar-refractivity contribution < 1.29 is 14.3 Å². The molecule has 7 heteroatoms. The lowest BCUT2D eigenvalue weighted by molar-refractivity contribution is -0.119. The number of fused-ring (bicyclic) bond motifs is 2. The number of carbonyl (C=O) groups is 1. The Hall–Kier alpha value is -4.32. The van der Waals surface area contributed by atoms with Gasteiger partial charge < -0.3 is 14.8 Å². The van der Waals surface area contributed by atoms with Crippen molar-refractivity contribution >= 4 is 11.6 Å². The zero-order valence-corrected chi connectivity index (χ0v) is 26.4. The number of benzene rings is 4. The van der Waals surface area contributed by atoms with Gasteiger partial charge >= 0.3 is 0 Å². The molecule has 1 amide bonds. The minimum Gasteiger partial charge on any atom is -0.368 e. The minimum absolute atomic E-state index is 0.0164. The fraction of sp³-hybridized carbons (Fsp3) is 0.316. The molecule has 2 unspecified atom stereocenters. The molecule has 7 nitrogen and oxygen atoms in total. The molecule has 0 bridgehead atoms. The molecule has 45 heavy (non-hydrogen) atoms. The summed E-state index contributed by atoms with van der Waals surface area (Å²) in [5, 5.41) is 2.87. The number of nitrogens with one attached hydrogen (secondary N) is 1. The maximum Gasteiger partial charge on any atom is 0.217 e. The van der Waals surface area contributed by atoms with Crippen molar-refractivity contribution in [3.8, 4) is 0 Å². The maximum absolute atomic E-state index is 11.2. The summed E-state index contributed by atoms with van der Waals surface area (Å²) in [5.41, 5.74) is 8.89. The van der Waals surface area contributed by atoms with E-state index in [1.54, 1.807) is 6.92 Å². The van der Waals surface area contributed by atoms with Gasteiger partial charge in [0.1, 0.15) is 12.2 Å². The Balaban J connectivity index is 0.000000179. The van der Waals surface area contributed by atoms with E-state index >= 15 is 0 Å². The van der Waals surface area contributed by atoms with Gasteiger partial charge in [-0.3, -0.25) is 14.6 Å². The molecule has 2 aliphatic heterocycles. The standard InChI is InChI=1S/C20H24N2O2.C18H18N2O/c1-15(23)21-13-16-8-9-18-14-22(2)10-11-24-20(19(18)12-16)17-6-4-3-5-7-17;1-19-16-9-8-15-13-20(2)10-11-21-18(17(15)12-16)14-6-4-3-5-7-14/h3-9,12,20H,10-11,13-14H2,1-2H3,(H,21,23);3-9,12,18H,10-11,13H2,2H3. The summed E-state index contributed by atoms with van der Waals surface area (Å²) < 4.78 is 12.3. The monoisotopic (exact) mass is 602 g/mol. The van der Waals surface area contributed by atoms with Crippen molar-refractivity contribution in [2.75, 3.05) is 40.4 Å². The van der Waals surface area contributed by atoms with Gasteiger partial charge in [0.25, 0.3) is 0 Å². The Kier molecular flexibility index (Phi) is 11.1. The average Bonchev–Trinajstić information content (AvgIpc) is 3.04. The number of nitrogens with zero attached hydrogens (tertiary/aromatic N) is 3. The lowest BCUT2D eigenvalue weighted by Crippen LogP contribution is -2.28. The molecule has 0 radical (unpaired) electrons. The lowest BCUT2D eigenvalue weighted by Gasteiger charge is -2.29. The van der Waals surface area contributed by atoms with Crippen molar-refractivity contribution in [1.29, 1.82) is 0 Å². The molecule has 0 aromatic heterocycles. The van der Waals surface area contributed by atoms with E-state index in [0.717, 1.165) is 42.9 Å². The quantitative estimate of drug-likeness (QED) is 0.265. The molecule has 2 heterocycles. The van der Waals surface area contributed by atoms with Gasteiger partial charge in [0, 0.05) is 39.6 Å². The topological polar surface area (TPSA) is 58.4 Å². The SMILES string of the molecule is CC(=O)NCc1ccc2c(c1)C(c1ccccc1)OCCN(C)C2.[C-]#[N+]c1ccc2c(c1)C(c1ccccc1)OCCN(C)C2. The number of hydrogen-bond acceptors (Lipinski definition) is 5. The third kappa shape index (κ3) is 8.65. The van der Waals surface area contributed by atoms with E-state index in [2.05, 4.69) is 82.6 Å². The van der Waals surface area contributed by atoms with Crippen molar-refractivity contribution in [2.45, 2.75) is 38.8 Å². The van der Waals surface area contributed by atoms with Gasteiger partial charge in [-0.25, -0.2) is 4.85 Å². The third-order valence-corrected chi connectivity index (χ3v) is 8.18. The Labute approximate surface area is 267 Å². The maximum atomic E-state index is 11.2. The lowest BCUT2D eigenvalue weighted by atomic mass is 9.93. The van der Waals surface area contributed by atoms with Crippen LogP contribution in [0.25, 0.3) is 4.85 Å². The molecule has 1 N–H and O–H groups in total. The van der Waals surface area contributed by atoms with Gasteiger partial charge in [0.2, 0.25) is 5.91 Å². The highest BCUT2D eigenvalue weighted by Gasteiger charge is 2.23. The van der Waals surface area contributed by atoms with Gasteiger partial charge in [-0.2, -0.15) is 0 Å². The number of likely N-dealkylation sites (N-methyl/N-ethyl adjacent to an activating group) is 2. The zero-order chi connectivity index (χ0) is 31.6. The molecule has 2 aliphatic rings. The summed E-state index contributed by atoms with van der Waals surface area (Å²) in [6, 6.07) is 32.9. The van der Waals surface area contributed by atoms with Crippen LogP contribution in [-0.4, -0.2) is 56.1 Å². The molecule has 0 aliphatic carbocycles. The highest BCUT2D eigenvalue weighted by atomic mass is 16.5. The van der Waals surface area contributed by atoms with Crippen LogP contribution in [0.1, 0.15) is 58.1 Å². The Morgan fingerprint density at radius 2 is 1.29 bits per heavy atom. The van der Waals surface area contributed by atoms with Gasteiger partial charge in [-0.1, -0.05) is 97.1 Å². The second-order valence-electron chi connectivity index (χ2n) is 11.7. The number of hydrogen-bond donors (Lipinski definition) is 1. The Morgan fingerprint density at radius 1 is 0.778 bits per heavy atom.